The number of carboxylic acid groups (broad SMARTS) is 1. The zero-order valence-corrected chi connectivity index (χ0v) is 7.79. The van der Waals surface area contributed by atoms with Crippen LogP contribution >= 0.6 is 0 Å². The molecule has 2 N–H and O–H groups in total. The van der Waals surface area contributed by atoms with Crippen molar-refractivity contribution in [3.05, 3.63) is 0 Å². The maximum absolute atomic E-state index is 10.1. The summed E-state index contributed by atoms with van der Waals surface area (Å²) in [5.41, 5.74) is 0. The summed E-state index contributed by atoms with van der Waals surface area (Å²) in [5, 5.41) is 17.5. The molecule has 3 heteroatoms. The molecule has 0 saturated heterocycles. The molecule has 0 radical (unpaired) electrons. The topological polar surface area (TPSA) is 57.5 Å². The second-order valence-corrected chi connectivity index (χ2v) is 3.58. The lowest BCUT2D eigenvalue weighted by atomic mass is 10.0. The van der Waals surface area contributed by atoms with Crippen LogP contribution in [0.1, 0.15) is 39.5 Å². The Hall–Kier alpha value is -0.570. The van der Waals surface area contributed by atoms with E-state index in [1.165, 1.54) is 0 Å². The molecule has 1 unspecified atom stereocenters. The minimum Gasteiger partial charge on any atom is -0.481 e. The third kappa shape index (κ3) is 7.54. The van der Waals surface area contributed by atoms with Gasteiger partial charge in [0.15, 0.2) is 0 Å². The number of rotatable bonds is 6. The van der Waals surface area contributed by atoms with Gasteiger partial charge < -0.3 is 10.2 Å². The van der Waals surface area contributed by atoms with Gasteiger partial charge >= 0.3 is 5.97 Å². The van der Waals surface area contributed by atoms with E-state index < -0.39 is 12.1 Å². The summed E-state index contributed by atoms with van der Waals surface area (Å²) in [6.07, 6.45) is 1.77. The van der Waals surface area contributed by atoms with Gasteiger partial charge in [-0.05, 0) is 12.3 Å². The third-order valence-corrected chi connectivity index (χ3v) is 1.73. The standard InChI is InChI=1S/C9H18O3/c1-7(2)4-3-5-8(10)6-9(11)12/h7-8,10H,3-6H2,1-2H3,(H,11,12). The van der Waals surface area contributed by atoms with Crippen LogP contribution in [-0.4, -0.2) is 22.3 Å². The SMILES string of the molecule is CC(C)CCCC(O)CC(=O)O. The second-order valence-electron chi connectivity index (χ2n) is 3.58. The number of carboxylic acids is 1. The first-order valence-corrected chi connectivity index (χ1v) is 4.42. The van der Waals surface area contributed by atoms with Crippen molar-refractivity contribution in [1.29, 1.82) is 0 Å². The van der Waals surface area contributed by atoms with E-state index in [1.54, 1.807) is 0 Å². The summed E-state index contributed by atoms with van der Waals surface area (Å²) in [6, 6.07) is 0. The van der Waals surface area contributed by atoms with Crippen LogP contribution in [0, 0.1) is 5.92 Å². The maximum Gasteiger partial charge on any atom is 0.305 e. The Kier molecular flexibility index (Phi) is 5.72. The molecule has 0 spiro atoms. The molecule has 0 aliphatic carbocycles. The van der Waals surface area contributed by atoms with Crippen LogP contribution in [0.2, 0.25) is 0 Å². The zero-order valence-electron chi connectivity index (χ0n) is 7.79. The van der Waals surface area contributed by atoms with E-state index in [1.807, 2.05) is 0 Å². The first-order valence-electron chi connectivity index (χ1n) is 4.42. The molecule has 0 aliphatic rings. The zero-order chi connectivity index (χ0) is 9.56. The van der Waals surface area contributed by atoms with Crippen LogP contribution in [-0.2, 0) is 4.79 Å². The van der Waals surface area contributed by atoms with Crippen LogP contribution in [0.15, 0.2) is 0 Å². The lowest BCUT2D eigenvalue weighted by molar-refractivity contribution is -0.139. The highest BCUT2D eigenvalue weighted by molar-refractivity contribution is 5.67. The summed E-state index contributed by atoms with van der Waals surface area (Å²) >= 11 is 0. The van der Waals surface area contributed by atoms with Gasteiger partial charge in [-0.25, -0.2) is 0 Å². The van der Waals surface area contributed by atoms with Gasteiger partial charge in [0.25, 0.3) is 0 Å². The minimum absolute atomic E-state index is 0.127. The number of carbonyl (C=O) groups is 1. The fourth-order valence-corrected chi connectivity index (χ4v) is 1.07. The van der Waals surface area contributed by atoms with Crippen molar-refractivity contribution in [2.75, 3.05) is 0 Å². The van der Waals surface area contributed by atoms with Crippen LogP contribution in [0.5, 0.6) is 0 Å². The Bertz CT molecular complexity index is 132. The molecule has 0 aliphatic heterocycles. The Labute approximate surface area is 73.4 Å². The van der Waals surface area contributed by atoms with E-state index in [0.29, 0.717) is 12.3 Å². The van der Waals surface area contributed by atoms with Crippen molar-refractivity contribution >= 4 is 5.97 Å². The smallest absolute Gasteiger partial charge is 0.305 e. The summed E-state index contributed by atoms with van der Waals surface area (Å²) in [4.78, 5) is 10.1. The van der Waals surface area contributed by atoms with Gasteiger partial charge in [0.1, 0.15) is 0 Å². The number of aliphatic hydroxyl groups is 1. The Morgan fingerprint density at radius 1 is 1.33 bits per heavy atom. The molecular weight excluding hydrogens is 156 g/mol. The predicted octanol–water partition coefficient (Wildman–Crippen LogP) is 1.65. The van der Waals surface area contributed by atoms with Crippen LogP contribution in [0.4, 0.5) is 0 Å². The summed E-state index contributed by atoms with van der Waals surface area (Å²) in [6.45, 7) is 4.23. The fraction of sp³-hybridized carbons (Fsp3) is 0.889. The molecular formula is C9H18O3. The molecule has 0 rings (SSSR count). The average Bonchev–Trinajstić information content (AvgIpc) is 1.84. The monoisotopic (exact) mass is 174 g/mol. The molecule has 12 heavy (non-hydrogen) atoms. The first-order chi connectivity index (χ1) is 5.52. The van der Waals surface area contributed by atoms with E-state index in [2.05, 4.69) is 13.8 Å². The van der Waals surface area contributed by atoms with E-state index in [-0.39, 0.29) is 6.42 Å². The molecule has 72 valence electrons. The van der Waals surface area contributed by atoms with Gasteiger partial charge in [0.05, 0.1) is 12.5 Å². The normalized spacial score (nSPS) is 13.3. The minimum atomic E-state index is -0.924. The lowest BCUT2D eigenvalue weighted by Gasteiger charge is -2.08. The number of aliphatic carboxylic acids is 1. The molecule has 0 aromatic carbocycles. The van der Waals surface area contributed by atoms with Crippen molar-refractivity contribution in [1.82, 2.24) is 0 Å². The van der Waals surface area contributed by atoms with Crippen molar-refractivity contribution < 1.29 is 15.0 Å². The van der Waals surface area contributed by atoms with Gasteiger partial charge in [-0.1, -0.05) is 26.7 Å². The first kappa shape index (κ1) is 11.4. The highest BCUT2D eigenvalue weighted by Gasteiger charge is 2.08. The highest BCUT2D eigenvalue weighted by Crippen LogP contribution is 2.09. The molecule has 1 atom stereocenters. The number of hydrogen-bond acceptors (Lipinski definition) is 2. The van der Waals surface area contributed by atoms with Crippen molar-refractivity contribution in [2.24, 2.45) is 5.92 Å². The van der Waals surface area contributed by atoms with E-state index in [0.717, 1.165) is 12.8 Å². The fourth-order valence-electron chi connectivity index (χ4n) is 1.07. The number of hydrogen-bond donors (Lipinski definition) is 2. The molecule has 0 amide bonds. The molecule has 0 aromatic heterocycles. The molecule has 0 fully saturated rings. The van der Waals surface area contributed by atoms with Crippen LogP contribution in [0.3, 0.4) is 0 Å². The Morgan fingerprint density at radius 3 is 2.33 bits per heavy atom. The molecule has 3 nitrogen and oxygen atoms in total. The van der Waals surface area contributed by atoms with E-state index in [9.17, 15) is 4.79 Å². The second kappa shape index (κ2) is 6.00. The lowest BCUT2D eigenvalue weighted by Crippen LogP contribution is -2.12. The van der Waals surface area contributed by atoms with Crippen LogP contribution < -0.4 is 0 Å². The largest absolute Gasteiger partial charge is 0.481 e. The van der Waals surface area contributed by atoms with Gasteiger partial charge in [-0.2, -0.15) is 0 Å². The molecule has 0 aromatic rings. The van der Waals surface area contributed by atoms with Gasteiger partial charge in [0.2, 0.25) is 0 Å². The predicted molar refractivity (Wildman–Crippen MR) is 46.9 cm³/mol. The Balaban J connectivity index is 3.31. The molecule has 0 bridgehead atoms. The van der Waals surface area contributed by atoms with Gasteiger partial charge in [-0.15, -0.1) is 0 Å². The van der Waals surface area contributed by atoms with E-state index in [4.69, 9.17) is 10.2 Å². The molecule has 0 heterocycles. The summed E-state index contributed by atoms with van der Waals surface area (Å²) in [7, 11) is 0. The highest BCUT2D eigenvalue weighted by atomic mass is 16.4. The Morgan fingerprint density at radius 2 is 1.92 bits per heavy atom. The third-order valence-electron chi connectivity index (χ3n) is 1.73. The van der Waals surface area contributed by atoms with Crippen molar-refractivity contribution in [3.63, 3.8) is 0 Å². The average molecular weight is 174 g/mol. The summed E-state index contributed by atoms with van der Waals surface area (Å²) in [5.74, 6) is -0.297. The molecule has 0 saturated carbocycles. The van der Waals surface area contributed by atoms with E-state index >= 15 is 0 Å². The quantitative estimate of drug-likeness (QED) is 0.643. The summed E-state index contributed by atoms with van der Waals surface area (Å²) < 4.78 is 0. The van der Waals surface area contributed by atoms with Gasteiger partial charge in [0, 0.05) is 0 Å². The van der Waals surface area contributed by atoms with Crippen molar-refractivity contribution in [2.45, 2.75) is 45.6 Å². The maximum atomic E-state index is 10.1. The van der Waals surface area contributed by atoms with Crippen LogP contribution in [0.25, 0.3) is 0 Å². The van der Waals surface area contributed by atoms with Crippen molar-refractivity contribution in [3.8, 4) is 0 Å². The number of aliphatic hydroxyl groups excluding tert-OH is 1. The van der Waals surface area contributed by atoms with Gasteiger partial charge in [-0.3, -0.25) is 4.79 Å².